The maximum Gasteiger partial charge on any atom is 0.210 e. The summed E-state index contributed by atoms with van der Waals surface area (Å²) in [4.78, 5) is 26.5. The summed E-state index contributed by atoms with van der Waals surface area (Å²) in [6.07, 6.45) is 2.97. The number of halogens is 2. The SMILES string of the molecule is CCOC=C(C(=O)c1sc(C)c(OCCCl)c1Br)C(=O)C1CC1. The third-order valence-electron chi connectivity index (χ3n) is 3.33. The van der Waals surface area contributed by atoms with Crippen LogP contribution in [0.4, 0.5) is 0 Å². The van der Waals surface area contributed by atoms with Crippen molar-refractivity contribution in [2.75, 3.05) is 19.1 Å². The molecular formula is C16H18BrClO4S. The number of thiophene rings is 1. The molecule has 0 aliphatic heterocycles. The van der Waals surface area contributed by atoms with Crippen LogP contribution < -0.4 is 4.74 Å². The van der Waals surface area contributed by atoms with Crippen molar-refractivity contribution < 1.29 is 19.1 Å². The van der Waals surface area contributed by atoms with Gasteiger partial charge in [-0.2, -0.15) is 0 Å². The monoisotopic (exact) mass is 420 g/mol. The van der Waals surface area contributed by atoms with Crippen LogP contribution in [-0.4, -0.2) is 30.7 Å². The second kappa shape index (κ2) is 8.31. The van der Waals surface area contributed by atoms with Gasteiger partial charge in [0.2, 0.25) is 5.78 Å². The Kier molecular flexibility index (Phi) is 6.68. The third kappa shape index (κ3) is 4.37. The van der Waals surface area contributed by atoms with E-state index < -0.39 is 0 Å². The first kappa shape index (κ1) is 18.5. The van der Waals surface area contributed by atoms with Crippen molar-refractivity contribution in [2.45, 2.75) is 26.7 Å². The average Bonchev–Trinajstić information content (AvgIpc) is 3.33. The molecule has 0 aromatic carbocycles. The molecule has 1 fully saturated rings. The molecule has 1 aromatic heterocycles. The summed E-state index contributed by atoms with van der Waals surface area (Å²) >= 11 is 10.4. The molecule has 1 aromatic rings. The van der Waals surface area contributed by atoms with E-state index in [4.69, 9.17) is 21.1 Å². The summed E-state index contributed by atoms with van der Waals surface area (Å²) in [6, 6.07) is 0. The van der Waals surface area contributed by atoms with E-state index in [-0.39, 0.29) is 23.1 Å². The van der Waals surface area contributed by atoms with Crippen LogP contribution in [0.1, 0.15) is 34.3 Å². The number of hydrogen-bond donors (Lipinski definition) is 0. The van der Waals surface area contributed by atoms with Crippen molar-refractivity contribution in [3.05, 3.63) is 26.1 Å². The fourth-order valence-electron chi connectivity index (χ4n) is 2.03. The molecule has 0 atom stereocenters. The van der Waals surface area contributed by atoms with Gasteiger partial charge in [0, 0.05) is 10.8 Å². The second-order valence-corrected chi connectivity index (χ2v) is 7.52. The fourth-order valence-corrected chi connectivity index (χ4v) is 4.02. The molecule has 0 unspecified atom stereocenters. The van der Waals surface area contributed by atoms with Crippen molar-refractivity contribution in [1.82, 2.24) is 0 Å². The number of ketones is 2. The minimum absolute atomic E-state index is 0.0440. The quantitative estimate of drug-likeness (QED) is 0.147. The third-order valence-corrected chi connectivity index (χ3v) is 5.59. The lowest BCUT2D eigenvalue weighted by molar-refractivity contribution is -0.116. The number of hydrogen-bond acceptors (Lipinski definition) is 5. The Bertz CT molecular complexity index is 634. The number of Topliss-reactive ketones (excluding diaryl/α,β-unsaturated/α-hetero) is 2. The van der Waals surface area contributed by atoms with Gasteiger partial charge in [0.25, 0.3) is 0 Å². The predicted octanol–water partition coefficient (Wildman–Crippen LogP) is 4.52. The van der Waals surface area contributed by atoms with Crippen LogP contribution in [0.5, 0.6) is 5.75 Å². The number of aryl methyl sites for hydroxylation is 1. The van der Waals surface area contributed by atoms with E-state index in [2.05, 4.69) is 15.9 Å². The van der Waals surface area contributed by atoms with E-state index in [1.807, 2.05) is 13.8 Å². The van der Waals surface area contributed by atoms with Crippen LogP contribution in [-0.2, 0) is 9.53 Å². The van der Waals surface area contributed by atoms with E-state index in [0.29, 0.717) is 34.2 Å². The molecule has 7 heteroatoms. The Hall–Kier alpha value is -0.850. The highest BCUT2D eigenvalue weighted by atomic mass is 79.9. The second-order valence-electron chi connectivity index (χ2n) is 5.12. The lowest BCUT2D eigenvalue weighted by Crippen LogP contribution is -2.15. The highest BCUT2D eigenvalue weighted by Gasteiger charge is 2.36. The molecular weight excluding hydrogens is 404 g/mol. The highest BCUT2D eigenvalue weighted by Crippen LogP contribution is 2.41. The number of alkyl halides is 1. The molecule has 1 saturated carbocycles. The van der Waals surface area contributed by atoms with Crippen molar-refractivity contribution >= 4 is 50.4 Å². The molecule has 0 bridgehead atoms. The Morgan fingerprint density at radius 3 is 2.70 bits per heavy atom. The number of allylic oxidation sites excluding steroid dienone is 1. The van der Waals surface area contributed by atoms with Gasteiger partial charge in [-0.25, -0.2) is 0 Å². The fraction of sp³-hybridized carbons (Fsp3) is 0.500. The van der Waals surface area contributed by atoms with Gasteiger partial charge in [-0.1, -0.05) is 0 Å². The molecule has 1 heterocycles. The molecule has 4 nitrogen and oxygen atoms in total. The Labute approximate surface area is 152 Å². The van der Waals surface area contributed by atoms with Gasteiger partial charge < -0.3 is 9.47 Å². The lowest BCUT2D eigenvalue weighted by Gasteiger charge is -2.06. The zero-order chi connectivity index (χ0) is 17.0. The molecule has 2 rings (SSSR count). The maximum atomic E-state index is 12.8. The van der Waals surface area contributed by atoms with Gasteiger partial charge >= 0.3 is 0 Å². The largest absolute Gasteiger partial charge is 0.501 e. The molecule has 0 N–H and O–H groups in total. The minimum Gasteiger partial charge on any atom is -0.501 e. The number of carbonyl (C=O) groups is 2. The van der Waals surface area contributed by atoms with Crippen LogP contribution in [0.3, 0.4) is 0 Å². The Morgan fingerprint density at radius 1 is 1.43 bits per heavy atom. The van der Waals surface area contributed by atoms with Crippen LogP contribution in [0, 0.1) is 12.8 Å². The molecule has 126 valence electrons. The zero-order valence-corrected chi connectivity index (χ0v) is 16.1. The molecule has 23 heavy (non-hydrogen) atoms. The highest BCUT2D eigenvalue weighted by molar-refractivity contribution is 9.10. The van der Waals surface area contributed by atoms with Gasteiger partial charge in [0.05, 0.1) is 28.1 Å². The van der Waals surface area contributed by atoms with E-state index in [0.717, 1.165) is 17.7 Å². The Balaban J connectivity index is 2.31. The van der Waals surface area contributed by atoms with Crippen LogP contribution in [0.25, 0.3) is 0 Å². The maximum absolute atomic E-state index is 12.8. The standard InChI is InChI=1S/C16H18BrClO4S/c1-3-21-8-11(13(19)10-4-5-10)14(20)16-12(17)15(9(2)23-16)22-7-6-18/h8,10H,3-7H2,1-2H3. The van der Waals surface area contributed by atoms with Gasteiger partial charge in [-0.05, 0) is 42.6 Å². The van der Waals surface area contributed by atoms with E-state index in [1.165, 1.54) is 17.6 Å². The van der Waals surface area contributed by atoms with Crippen molar-refractivity contribution in [3.8, 4) is 5.75 Å². The van der Waals surface area contributed by atoms with Gasteiger partial charge in [-0.15, -0.1) is 22.9 Å². The number of carbonyl (C=O) groups excluding carboxylic acids is 2. The van der Waals surface area contributed by atoms with Crippen molar-refractivity contribution in [1.29, 1.82) is 0 Å². The summed E-state index contributed by atoms with van der Waals surface area (Å²) in [5.41, 5.74) is 0.111. The molecule has 1 aliphatic carbocycles. The predicted molar refractivity (Wildman–Crippen MR) is 94.7 cm³/mol. The van der Waals surface area contributed by atoms with Gasteiger partial charge in [0.1, 0.15) is 17.9 Å². The van der Waals surface area contributed by atoms with E-state index in [1.54, 1.807) is 0 Å². The first-order valence-electron chi connectivity index (χ1n) is 7.39. The number of ether oxygens (including phenoxy) is 2. The summed E-state index contributed by atoms with van der Waals surface area (Å²) in [5.74, 6) is 0.465. The van der Waals surface area contributed by atoms with Crippen LogP contribution >= 0.6 is 38.9 Å². The molecule has 1 aliphatic rings. The normalized spacial score (nSPS) is 14.7. The molecule has 0 radical (unpaired) electrons. The van der Waals surface area contributed by atoms with Crippen LogP contribution in [0.2, 0.25) is 0 Å². The smallest absolute Gasteiger partial charge is 0.210 e. The first-order valence-corrected chi connectivity index (χ1v) is 9.53. The summed E-state index contributed by atoms with van der Waals surface area (Å²) in [6.45, 7) is 4.44. The topological polar surface area (TPSA) is 52.6 Å². The molecule has 0 saturated heterocycles. The molecule has 0 amide bonds. The zero-order valence-electron chi connectivity index (χ0n) is 13.0. The summed E-state index contributed by atoms with van der Waals surface area (Å²) < 4.78 is 11.4. The van der Waals surface area contributed by atoms with Crippen molar-refractivity contribution in [3.63, 3.8) is 0 Å². The first-order chi connectivity index (χ1) is 11.0. The number of rotatable bonds is 9. The summed E-state index contributed by atoms with van der Waals surface area (Å²) in [5, 5.41) is 0. The lowest BCUT2D eigenvalue weighted by atomic mass is 10.0. The van der Waals surface area contributed by atoms with Gasteiger partial charge in [-0.3, -0.25) is 9.59 Å². The van der Waals surface area contributed by atoms with E-state index >= 15 is 0 Å². The Morgan fingerprint density at radius 2 is 2.13 bits per heavy atom. The minimum atomic E-state index is -0.323. The van der Waals surface area contributed by atoms with E-state index in [9.17, 15) is 9.59 Å². The average molecular weight is 422 g/mol. The van der Waals surface area contributed by atoms with Crippen molar-refractivity contribution in [2.24, 2.45) is 5.92 Å². The van der Waals surface area contributed by atoms with Gasteiger partial charge in [0.15, 0.2) is 5.78 Å². The summed E-state index contributed by atoms with van der Waals surface area (Å²) in [7, 11) is 0. The molecule has 0 spiro atoms. The van der Waals surface area contributed by atoms with Crippen LogP contribution in [0.15, 0.2) is 16.3 Å².